The third kappa shape index (κ3) is 4.42. The van der Waals surface area contributed by atoms with Gasteiger partial charge in [-0.1, -0.05) is 42.6 Å². The zero-order chi connectivity index (χ0) is 17.0. The van der Waals surface area contributed by atoms with Gasteiger partial charge in [0.05, 0.1) is 17.8 Å². The van der Waals surface area contributed by atoms with Gasteiger partial charge in [0.2, 0.25) is 0 Å². The molecule has 2 aromatic rings. The lowest BCUT2D eigenvalue weighted by atomic mass is 10.0. The number of nitrogens with zero attached hydrogens (tertiary/aromatic N) is 1. The first-order valence-electron chi connectivity index (χ1n) is 7.64. The lowest BCUT2D eigenvalue weighted by Crippen LogP contribution is -2.26. The van der Waals surface area contributed by atoms with Crippen molar-refractivity contribution in [3.63, 3.8) is 0 Å². The van der Waals surface area contributed by atoms with E-state index in [1.54, 1.807) is 6.26 Å². The molecule has 0 aliphatic heterocycles. The molecular weight excluding hydrogens is 302 g/mol. The predicted molar refractivity (Wildman–Crippen MR) is 101 cm³/mol. The molecule has 0 aliphatic carbocycles. The van der Waals surface area contributed by atoms with Crippen molar-refractivity contribution in [2.75, 3.05) is 0 Å². The Labute approximate surface area is 144 Å². The molecule has 1 aromatic heterocycles. The number of hydrogen-bond acceptors (Lipinski definition) is 2. The van der Waals surface area contributed by atoms with Crippen LogP contribution in [0.2, 0.25) is 0 Å². The van der Waals surface area contributed by atoms with Crippen molar-refractivity contribution in [2.24, 2.45) is 0 Å². The number of benzene rings is 1. The van der Waals surface area contributed by atoms with E-state index in [1.165, 1.54) is 16.7 Å². The Hall–Kier alpha value is -2.13. The SMILES string of the molecule is C=C(C)/C(=C\c1cc(C)ccc1C)N(Cc1ccco1)C(C)=S. The zero-order valence-electron chi connectivity index (χ0n) is 14.2. The molecule has 2 rings (SSSR count). The molecule has 0 saturated carbocycles. The van der Waals surface area contributed by atoms with Crippen LogP contribution in [0.15, 0.2) is 58.9 Å². The summed E-state index contributed by atoms with van der Waals surface area (Å²) in [5, 5.41) is 0. The van der Waals surface area contributed by atoms with Crippen molar-refractivity contribution in [1.29, 1.82) is 0 Å². The van der Waals surface area contributed by atoms with E-state index in [9.17, 15) is 0 Å². The van der Waals surface area contributed by atoms with E-state index in [-0.39, 0.29) is 0 Å². The molecule has 0 amide bonds. The average molecular weight is 325 g/mol. The monoisotopic (exact) mass is 325 g/mol. The van der Waals surface area contributed by atoms with Crippen LogP contribution in [0.3, 0.4) is 0 Å². The second kappa shape index (κ2) is 7.42. The van der Waals surface area contributed by atoms with E-state index in [0.717, 1.165) is 22.0 Å². The van der Waals surface area contributed by atoms with E-state index in [0.29, 0.717) is 6.54 Å². The fraction of sp³-hybridized carbons (Fsp3) is 0.250. The molecule has 0 radical (unpaired) electrons. The molecule has 3 heteroatoms. The van der Waals surface area contributed by atoms with Crippen molar-refractivity contribution in [3.05, 3.63) is 76.9 Å². The quantitative estimate of drug-likeness (QED) is 0.521. The fourth-order valence-electron chi connectivity index (χ4n) is 2.42. The fourth-order valence-corrected chi connectivity index (χ4v) is 2.58. The van der Waals surface area contributed by atoms with Gasteiger partial charge in [-0.3, -0.25) is 0 Å². The molecule has 23 heavy (non-hydrogen) atoms. The highest BCUT2D eigenvalue weighted by Gasteiger charge is 2.15. The number of furan rings is 1. The molecule has 0 spiro atoms. The van der Waals surface area contributed by atoms with Gasteiger partial charge < -0.3 is 9.32 Å². The largest absolute Gasteiger partial charge is 0.467 e. The van der Waals surface area contributed by atoms with E-state index in [1.807, 2.05) is 26.0 Å². The van der Waals surface area contributed by atoms with Crippen LogP contribution >= 0.6 is 12.2 Å². The van der Waals surface area contributed by atoms with Crippen LogP contribution in [0.25, 0.3) is 6.08 Å². The first-order chi connectivity index (χ1) is 10.9. The van der Waals surface area contributed by atoms with Gasteiger partial charge in [0.25, 0.3) is 0 Å². The highest BCUT2D eigenvalue weighted by atomic mass is 32.1. The van der Waals surface area contributed by atoms with Crippen LogP contribution in [0, 0.1) is 13.8 Å². The van der Waals surface area contributed by atoms with Crippen LogP contribution < -0.4 is 0 Å². The molecule has 0 bridgehead atoms. The number of thiocarbonyl (C=S) groups is 1. The summed E-state index contributed by atoms with van der Waals surface area (Å²) >= 11 is 5.46. The van der Waals surface area contributed by atoms with Crippen molar-refractivity contribution in [2.45, 2.75) is 34.2 Å². The van der Waals surface area contributed by atoms with Crippen molar-refractivity contribution >= 4 is 23.3 Å². The summed E-state index contributed by atoms with van der Waals surface area (Å²) in [4.78, 5) is 2.86. The van der Waals surface area contributed by atoms with Gasteiger partial charge in [-0.2, -0.15) is 0 Å². The van der Waals surface area contributed by atoms with E-state index in [2.05, 4.69) is 49.6 Å². The summed E-state index contributed by atoms with van der Waals surface area (Å²) in [6.07, 6.45) is 3.84. The Morgan fingerprint density at radius 3 is 2.57 bits per heavy atom. The topological polar surface area (TPSA) is 16.4 Å². The van der Waals surface area contributed by atoms with Crippen LogP contribution in [0.4, 0.5) is 0 Å². The summed E-state index contributed by atoms with van der Waals surface area (Å²) in [6, 6.07) is 10.3. The normalized spacial score (nSPS) is 11.4. The molecule has 120 valence electrons. The molecule has 0 fully saturated rings. The number of aryl methyl sites for hydroxylation is 2. The van der Waals surface area contributed by atoms with Crippen molar-refractivity contribution in [3.8, 4) is 0 Å². The van der Waals surface area contributed by atoms with Gasteiger partial charge >= 0.3 is 0 Å². The standard InChI is InChI=1S/C20H23NOS/c1-14(2)20(12-18-11-15(3)8-9-16(18)4)21(17(5)23)13-19-7-6-10-22-19/h6-12H,1,13H2,2-5H3/b20-12+. The summed E-state index contributed by atoms with van der Waals surface area (Å²) in [6.45, 7) is 12.9. The molecule has 1 aromatic carbocycles. The second-order valence-corrected chi connectivity index (χ2v) is 6.45. The Morgan fingerprint density at radius 2 is 2.00 bits per heavy atom. The summed E-state index contributed by atoms with van der Waals surface area (Å²) in [5.41, 5.74) is 5.64. The molecule has 0 unspecified atom stereocenters. The van der Waals surface area contributed by atoms with Crippen LogP contribution in [-0.4, -0.2) is 9.89 Å². The van der Waals surface area contributed by atoms with Crippen LogP contribution in [-0.2, 0) is 6.54 Å². The van der Waals surface area contributed by atoms with Crippen LogP contribution in [0.1, 0.15) is 36.3 Å². The highest BCUT2D eigenvalue weighted by Crippen LogP contribution is 2.23. The minimum absolute atomic E-state index is 0.603. The maximum atomic E-state index is 5.48. The van der Waals surface area contributed by atoms with Crippen molar-refractivity contribution < 1.29 is 4.42 Å². The van der Waals surface area contributed by atoms with Crippen LogP contribution in [0.5, 0.6) is 0 Å². The lowest BCUT2D eigenvalue weighted by molar-refractivity contribution is 0.423. The number of rotatable bonds is 5. The summed E-state index contributed by atoms with van der Waals surface area (Å²) < 4.78 is 5.48. The molecule has 0 N–H and O–H groups in total. The summed E-state index contributed by atoms with van der Waals surface area (Å²) in [5.74, 6) is 0.877. The minimum atomic E-state index is 0.603. The maximum Gasteiger partial charge on any atom is 0.123 e. The van der Waals surface area contributed by atoms with E-state index >= 15 is 0 Å². The predicted octanol–water partition coefficient (Wildman–Crippen LogP) is 5.66. The Kier molecular flexibility index (Phi) is 5.56. The van der Waals surface area contributed by atoms with Crippen molar-refractivity contribution in [1.82, 2.24) is 4.90 Å². The molecule has 0 aliphatic rings. The molecule has 2 nitrogen and oxygen atoms in total. The second-order valence-electron chi connectivity index (χ2n) is 5.85. The lowest BCUT2D eigenvalue weighted by Gasteiger charge is -2.26. The third-order valence-corrected chi connectivity index (χ3v) is 3.95. The molecule has 1 heterocycles. The smallest absolute Gasteiger partial charge is 0.123 e. The number of allylic oxidation sites excluding steroid dienone is 1. The van der Waals surface area contributed by atoms with Gasteiger partial charge in [0.1, 0.15) is 5.76 Å². The molecule has 0 atom stereocenters. The Bertz CT molecular complexity index is 741. The zero-order valence-corrected chi connectivity index (χ0v) is 15.0. The number of hydrogen-bond donors (Lipinski definition) is 0. The average Bonchev–Trinajstić information content (AvgIpc) is 2.98. The Balaban J connectivity index is 2.45. The van der Waals surface area contributed by atoms with Gasteiger partial charge in [0, 0.05) is 5.70 Å². The van der Waals surface area contributed by atoms with E-state index in [4.69, 9.17) is 16.6 Å². The van der Waals surface area contributed by atoms with Gasteiger partial charge in [0.15, 0.2) is 0 Å². The van der Waals surface area contributed by atoms with Gasteiger partial charge in [-0.25, -0.2) is 0 Å². The molecule has 0 saturated heterocycles. The Morgan fingerprint density at radius 1 is 1.26 bits per heavy atom. The minimum Gasteiger partial charge on any atom is -0.467 e. The first-order valence-corrected chi connectivity index (χ1v) is 8.04. The maximum absolute atomic E-state index is 5.48. The summed E-state index contributed by atoms with van der Waals surface area (Å²) in [7, 11) is 0. The van der Waals surface area contributed by atoms with Gasteiger partial charge in [-0.15, -0.1) is 0 Å². The third-order valence-electron chi connectivity index (χ3n) is 3.73. The molecular formula is C20H23NOS. The van der Waals surface area contributed by atoms with Gasteiger partial charge in [-0.05, 0) is 62.6 Å². The van der Waals surface area contributed by atoms with E-state index < -0.39 is 0 Å². The first kappa shape index (κ1) is 17.2. The highest BCUT2D eigenvalue weighted by molar-refractivity contribution is 7.80.